The third-order valence-corrected chi connectivity index (χ3v) is 4.07. The van der Waals surface area contributed by atoms with Crippen LogP contribution in [0, 0.1) is 0 Å². The summed E-state index contributed by atoms with van der Waals surface area (Å²) in [6.45, 7) is 4.34. The Morgan fingerprint density at radius 3 is 2.70 bits per heavy atom. The number of hydrogen-bond acceptors (Lipinski definition) is 2. The fourth-order valence-electron chi connectivity index (χ4n) is 2.67. The number of ether oxygens (including phenoxy) is 1. The van der Waals surface area contributed by atoms with Crippen LogP contribution >= 0.6 is 11.6 Å². The summed E-state index contributed by atoms with van der Waals surface area (Å²) in [6.07, 6.45) is 0. The van der Waals surface area contributed by atoms with Crippen molar-refractivity contribution in [2.45, 2.75) is 20.1 Å². The second-order valence-electron chi connectivity index (χ2n) is 5.46. The second-order valence-corrected chi connectivity index (χ2v) is 5.90. The van der Waals surface area contributed by atoms with E-state index in [0.717, 1.165) is 29.4 Å². The molecule has 23 heavy (non-hydrogen) atoms. The summed E-state index contributed by atoms with van der Waals surface area (Å²) in [7, 11) is 0. The molecule has 0 bridgehead atoms. The van der Waals surface area contributed by atoms with Gasteiger partial charge in [0, 0.05) is 17.1 Å². The molecule has 3 rings (SSSR count). The van der Waals surface area contributed by atoms with Crippen molar-refractivity contribution in [3.8, 4) is 5.75 Å². The zero-order valence-electron chi connectivity index (χ0n) is 13.2. The number of halogens is 1. The Morgan fingerprint density at radius 2 is 1.87 bits per heavy atom. The lowest BCUT2D eigenvalue weighted by Gasteiger charge is -2.15. The van der Waals surface area contributed by atoms with Crippen LogP contribution < -0.4 is 10.1 Å². The van der Waals surface area contributed by atoms with Gasteiger partial charge in [-0.15, -0.1) is 0 Å². The number of nitrogens with one attached hydrogen (secondary N) is 1. The zero-order valence-corrected chi connectivity index (χ0v) is 13.9. The molecule has 1 N–H and O–H groups in total. The molecule has 0 atom stereocenters. The van der Waals surface area contributed by atoms with Crippen molar-refractivity contribution in [3.05, 3.63) is 76.8 Å². The highest BCUT2D eigenvalue weighted by Crippen LogP contribution is 2.29. The van der Waals surface area contributed by atoms with Crippen molar-refractivity contribution in [1.82, 2.24) is 5.32 Å². The van der Waals surface area contributed by atoms with Crippen LogP contribution in [-0.4, -0.2) is 6.54 Å². The van der Waals surface area contributed by atoms with Gasteiger partial charge in [0.15, 0.2) is 0 Å². The van der Waals surface area contributed by atoms with Crippen molar-refractivity contribution in [2.75, 3.05) is 6.54 Å². The molecule has 0 heterocycles. The molecule has 0 aliphatic heterocycles. The second kappa shape index (κ2) is 7.49. The van der Waals surface area contributed by atoms with E-state index in [1.807, 2.05) is 24.3 Å². The number of rotatable bonds is 6. The van der Waals surface area contributed by atoms with E-state index in [-0.39, 0.29) is 0 Å². The van der Waals surface area contributed by atoms with Crippen LogP contribution in [0.3, 0.4) is 0 Å². The molecular weight excluding hydrogens is 306 g/mol. The minimum absolute atomic E-state index is 0.512. The molecule has 0 fully saturated rings. The van der Waals surface area contributed by atoms with Crippen molar-refractivity contribution in [1.29, 1.82) is 0 Å². The minimum atomic E-state index is 0.512. The van der Waals surface area contributed by atoms with Crippen molar-refractivity contribution < 1.29 is 4.74 Å². The van der Waals surface area contributed by atoms with Crippen LogP contribution in [0.1, 0.15) is 18.1 Å². The Bertz CT molecular complexity index is 801. The summed E-state index contributed by atoms with van der Waals surface area (Å²) in [4.78, 5) is 0. The Hall–Kier alpha value is -2.03. The maximum Gasteiger partial charge on any atom is 0.124 e. The molecular formula is C20H20ClNO. The smallest absolute Gasteiger partial charge is 0.124 e. The molecule has 0 radical (unpaired) electrons. The predicted molar refractivity (Wildman–Crippen MR) is 97.1 cm³/mol. The molecule has 2 nitrogen and oxygen atoms in total. The Kier molecular flexibility index (Phi) is 5.16. The molecule has 0 aromatic heterocycles. The molecule has 0 saturated carbocycles. The van der Waals surface area contributed by atoms with Crippen molar-refractivity contribution >= 4 is 22.4 Å². The van der Waals surface area contributed by atoms with Gasteiger partial charge in [-0.05, 0) is 41.1 Å². The molecule has 3 aromatic rings. The molecule has 0 amide bonds. The fourth-order valence-corrected chi connectivity index (χ4v) is 2.88. The van der Waals surface area contributed by atoms with Gasteiger partial charge >= 0.3 is 0 Å². The first kappa shape index (κ1) is 15.9. The molecule has 3 heteroatoms. The molecule has 0 unspecified atom stereocenters. The van der Waals surface area contributed by atoms with Gasteiger partial charge in [0.2, 0.25) is 0 Å². The Morgan fingerprint density at radius 1 is 1.00 bits per heavy atom. The van der Waals surface area contributed by atoms with E-state index >= 15 is 0 Å². The summed E-state index contributed by atoms with van der Waals surface area (Å²) in [5.74, 6) is 0.921. The van der Waals surface area contributed by atoms with Crippen LogP contribution in [-0.2, 0) is 13.2 Å². The summed E-state index contributed by atoms with van der Waals surface area (Å²) < 4.78 is 6.08. The van der Waals surface area contributed by atoms with Crippen LogP contribution in [0.5, 0.6) is 5.75 Å². The highest BCUT2D eigenvalue weighted by molar-refractivity contribution is 6.30. The van der Waals surface area contributed by atoms with Crippen LogP contribution in [0.25, 0.3) is 10.8 Å². The Labute approximate surface area is 142 Å². The summed E-state index contributed by atoms with van der Waals surface area (Å²) in [5, 5.41) is 6.60. The van der Waals surface area contributed by atoms with E-state index in [1.165, 1.54) is 16.3 Å². The van der Waals surface area contributed by atoms with Gasteiger partial charge in [0.25, 0.3) is 0 Å². The highest BCUT2D eigenvalue weighted by atomic mass is 35.5. The van der Waals surface area contributed by atoms with Gasteiger partial charge < -0.3 is 10.1 Å². The molecule has 3 aromatic carbocycles. The van der Waals surface area contributed by atoms with E-state index in [1.54, 1.807) is 0 Å². The normalized spacial score (nSPS) is 10.9. The van der Waals surface area contributed by atoms with Crippen LogP contribution in [0.4, 0.5) is 0 Å². The van der Waals surface area contributed by atoms with Gasteiger partial charge in [-0.25, -0.2) is 0 Å². The van der Waals surface area contributed by atoms with Gasteiger partial charge in [-0.2, -0.15) is 0 Å². The average molecular weight is 326 g/mol. The van der Waals surface area contributed by atoms with E-state index in [4.69, 9.17) is 16.3 Å². The van der Waals surface area contributed by atoms with Gasteiger partial charge in [0.1, 0.15) is 12.4 Å². The number of fused-ring (bicyclic) bond motifs is 1. The molecule has 0 aliphatic carbocycles. The molecule has 0 aliphatic rings. The summed E-state index contributed by atoms with van der Waals surface area (Å²) >= 11 is 6.04. The SMILES string of the molecule is CCNCc1c(OCc2cccc(Cl)c2)ccc2ccccc12. The monoisotopic (exact) mass is 325 g/mol. The van der Waals surface area contributed by atoms with Crippen LogP contribution in [0.2, 0.25) is 5.02 Å². The quantitative estimate of drug-likeness (QED) is 0.674. The third kappa shape index (κ3) is 3.84. The molecule has 118 valence electrons. The zero-order chi connectivity index (χ0) is 16.1. The standard InChI is InChI=1S/C20H20ClNO/c1-2-22-13-19-18-9-4-3-7-16(18)10-11-20(19)23-14-15-6-5-8-17(21)12-15/h3-12,22H,2,13-14H2,1H3. The predicted octanol–water partition coefficient (Wildman–Crippen LogP) is 5.18. The maximum atomic E-state index is 6.08. The lowest BCUT2D eigenvalue weighted by atomic mass is 10.0. The average Bonchev–Trinajstić information content (AvgIpc) is 2.58. The summed E-state index contributed by atoms with van der Waals surface area (Å²) in [6, 6.07) is 20.4. The molecule has 0 spiro atoms. The van der Waals surface area contributed by atoms with Gasteiger partial charge in [0.05, 0.1) is 0 Å². The van der Waals surface area contributed by atoms with Crippen molar-refractivity contribution in [2.24, 2.45) is 0 Å². The number of hydrogen-bond donors (Lipinski definition) is 1. The van der Waals surface area contributed by atoms with Gasteiger partial charge in [-0.3, -0.25) is 0 Å². The summed E-state index contributed by atoms with van der Waals surface area (Å²) in [5.41, 5.74) is 2.27. The largest absolute Gasteiger partial charge is 0.489 e. The van der Waals surface area contributed by atoms with E-state index in [0.29, 0.717) is 6.61 Å². The van der Waals surface area contributed by atoms with Gasteiger partial charge in [-0.1, -0.05) is 61.0 Å². The lowest BCUT2D eigenvalue weighted by molar-refractivity contribution is 0.303. The van der Waals surface area contributed by atoms with E-state index < -0.39 is 0 Å². The van der Waals surface area contributed by atoms with E-state index in [2.05, 4.69) is 48.6 Å². The topological polar surface area (TPSA) is 21.3 Å². The third-order valence-electron chi connectivity index (χ3n) is 3.83. The lowest BCUT2D eigenvalue weighted by Crippen LogP contribution is -2.13. The first-order valence-electron chi connectivity index (χ1n) is 7.86. The van der Waals surface area contributed by atoms with Crippen molar-refractivity contribution in [3.63, 3.8) is 0 Å². The fraction of sp³-hybridized carbons (Fsp3) is 0.200. The van der Waals surface area contributed by atoms with E-state index in [9.17, 15) is 0 Å². The first-order valence-corrected chi connectivity index (χ1v) is 8.24. The first-order chi connectivity index (χ1) is 11.3. The molecule has 0 saturated heterocycles. The Balaban J connectivity index is 1.89. The highest BCUT2D eigenvalue weighted by Gasteiger charge is 2.09. The number of benzene rings is 3. The minimum Gasteiger partial charge on any atom is -0.489 e. The maximum absolute atomic E-state index is 6.08. The van der Waals surface area contributed by atoms with Crippen LogP contribution in [0.15, 0.2) is 60.7 Å².